The van der Waals surface area contributed by atoms with E-state index in [9.17, 15) is 4.79 Å². The highest BCUT2D eigenvalue weighted by molar-refractivity contribution is 9.09. The predicted molar refractivity (Wildman–Crippen MR) is 66.5 cm³/mol. The third kappa shape index (κ3) is 3.24. The van der Waals surface area contributed by atoms with Gasteiger partial charge in [-0.1, -0.05) is 15.9 Å². The van der Waals surface area contributed by atoms with Crippen LogP contribution in [-0.4, -0.2) is 17.9 Å². The molecule has 0 heterocycles. The van der Waals surface area contributed by atoms with Crippen LogP contribution in [0.5, 0.6) is 0 Å². The molecular formula is C11H12BrN3O. The number of urea groups is 1. The second kappa shape index (κ2) is 6.13. The van der Waals surface area contributed by atoms with E-state index in [0.717, 1.165) is 11.8 Å². The zero-order valence-corrected chi connectivity index (χ0v) is 10.3. The van der Waals surface area contributed by atoms with Gasteiger partial charge in [0.1, 0.15) is 0 Å². The summed E-state index contributed by atoms with van der Waals surface area (Å²) in [5.41, 5.74) is 6.57. The van der Waals surface area contributed by atoms with Crippen molar-refractivity contribution in [1.82, 2.24) is 0 Å². The van der Waals surface area contributed by atoms with Crippen LogP contribution in [0.2, 0.25) is 0 Å². The lowest BCUT2D eigenvalue weighted by Crippen LogP contribution is -2.36. The maximum absolute atomic E-state index is 11.2. The lowest BCUT2D eigenvalue weighted by molar-refractivity contribution is 0.254. The highest BCUT2D eigenvalue weighted by Gasteiger charge is 2.11. The van der Waals surface area contributed by atoms with Gasteiger partial charge in [-0.05, 0) is 30.7 Å². The van der Waals surface area contributed by atoms with Crippen LogP contribution in [0.1, 0.15) is 12.0 Å². The quantitative estimate of drug-likeness (QED) is 0.860. The van der Waals surface area contributed by atoms with Crippen molar-refractivity contribution in [3.8, 4) is 6.07 Å². The zero-order chi connectivity index (χ0) is 12.0. The van der Waals surface area contributed by atoms with Crippen LogP contribution in [0.15, 0.2) is 24.3 Å². The number of benzene rings is 1. The molecule has 1 aromatic carbocycles. The molecule has 0 unspecified atom stereocenters. The zero-order valence-electron chi connectivity index (χ0n) is 8.69. The Labute approximate surface area is 103 Å². The topological polar surface area (TPSA) is 70.1 Å². The molecule has 1 aromatic rings. The van der Waals surface area contributed by atoms with Crippen LogP contribution < -0.4 is 10.6 Å². The van der Waals surface area contributed by atoms with Gasteiger partial charge in [0.05, 0.1) is 11.6 Å². The molecule has 0 saturated carbocycles. The Morgan fingerprint density at radius 3 is 2.50 bits per heavy atom. The third-order valence-corrected chi connectivity index (χ3v) is 2.65. The van der Waals surface area contributed by atoms with Crippen molar-refractivity contribution in [2.24, 2.45) is 5.73 Å². The van der Waals surface area contributed by atoms with Crippen LogP contribution in [0, 0.1) is 11.3 Å². The van der Waals surface area contributed by atoms with Crippen LogP contribution >= 0.6 is 15.9 Å². The Morgan fingerprint density at radius 2 is 2.06 bits per heavy atom. The number of hydrogen-bond acceptors (Lipinski definition) is 2. The van der Waals surface area contributed by atoms with Gasteiger partial charge >= 0.3 is 6.03 Å². The Kier molecular flexibility index (Phi) is 4.80. The summed E-state index contributed by atoms with van der Waals surface area (Å²) in [5.74, 6) is 0. The maximum atomic E-state index is 11.2. The average molecular weight is 282 g/mol. The molecule has 0 atom stereocenters. The fourth-order valence-electron chi connectivity index (χ4n) is 1.30. The van der Waals surface area contributed by atoms with E-state index in [2.05, 4.69) is 15.9 Å². The molecule has 4 nitrogen and oxygen atoms in total. The van der Waals surface area contributed by atoms with Gasteiger partial charge in [0.25, 0.3) is 0 Å². The van der Waals surface area contributed by atoms with Gasteiger partial charge in [-0.3, -0.25) is 4.90 Å². The number of amides is 2. The second-order valence-electron chi connectivity index (χ2n) is 3.19. The monoisotopic (exact) mass is 281 g/mol. The molecule has 0 radical (unpaired) electrons. The molecule has 0 bridgehead atoms. The van der Waals surface area contributed by atoms with Crippen molar-refractivity contribution in [1.29, 1.82) is 5.26 Å². The van der Waals surface area contributed by atoms with Crippen molar-refractivity contribution in [2.45, 2.75) is 6.42 Å². The molecule has 2 amide bonds. The number of carbonyl (C=O) groups excluding carboxylic acids is 1. The van der Waals surface area contributed by atoms with Crippen molar-refractivity contribution in [3.05, 3.63) is 29.8 Å². The van der Waals surface area contributed by atoms with E-state index in [-0.39, 0.29) is 0 Å². The number of nitriles is 1. The van der Waals surface area contributed by atoms with E-state index in [0.29, 0.717) is 17.8 Å². The minimum atomic E-state index is -0.481. The van der Waals surface area contributed by atoms with E-state index < -0.39 is 6.03 Å². The van der Waals surface area contributed by atoms with Gasteiger partial charge in [0, 0.05) is 17.6 Å². The van der Waals surface area contributed by atoms with Crippen molar-refractivity contribution < 1.29 is 4.79 Å². The van der Waals surface area contributed by atoms with E-state index in [4.69, 9.17) is 11.0 Å². The molecule has 1 rings (SSSR count). The first kappa shape index (κ1) is 12.5. The van der Waals surface area contributed by atoms with Crippen LogP contribution in [-0.2, 0) is 0 Å². The summed E-state index contributed by atoms with van der Waals surface area (Å²) >= 11 is 3.30. The van der Waals surface area contributed by atoms with Crippen molar-refractivity contribution >= 4 is 27.6 Å². The molecule has 0 fully saturated rings. The summed E-state index contributed by atoms with van der Waals surface area (Å²) in [6.45, 7) is 0.562. The number of rotatable bonds is 4. The van der Waals surface area contributed by atoms with Gasteiger partial charge < -0.3 is 5.73 Å². The third-order valence-electron chi connectivity index (χ3n) is 2.09. The number of primary amides is 1. The lowest BCUT2D eigenvalue weighted by Gasteiger charge is -2.19. The largest absolute Gasteiger partial charge is 0.351 e. The number of alkyl halides is 1. The minimum absolute atomic E-state index is 0.481. The van der Waals surface area contributed by atoms with E-state index >= 15 is 0 Å². The molecule has 5 heteroatoms. The Morgan fingerprint density at radius 1 is 1.44 bits per heavy atom. The number of halogens is 1. The van der Waals surface area contributed by atoms with Crippen LogP contribution in [0.4, 0.5) is 10.5 Å². The SMILES string of the molecule is N#Cc1ccc(N(CCCBr)C(N)=O)cc1. The fourth-order valence-corrected chi connectivity index (χ4v) is 1.55. The number of hydrogen-bond donors (Lipinski definition) is 1. The summed E-state index contributed by atoms with van der Waals surface area (Å²) in [6, 6.07) is 8.31. The van der Waals surface area contributed by atoms with Gasteiger partial charge in [0.15, 0.2) is 0 Å². The molecule has 84 valence electrons. The Hall–Kier alpha value is -1.54. The fraction of sp³-hybridized carbons (Fsp3) is 0.273. The first-order chi connectivity index (χ1) is 7.69. The lowest BCUT2D eigenvalue weighted by atomic mass is 10.2. The van der Waals surface area contributed by atoms with Crippen LogP contribution in [0.3, 0.4) is 0 Å². The summed E-state index contributed by atoms with van der Waals surface area (Å²) in [4.78, 5) is 12.7. The van der Waals surface area contributed by atoms with Gasteiger partial charge in [0.2, 0.25) is 0 Å². The van der Waals surface area contributed by atoms with E-state index in [1.54, 1.807) is 24.3 Å². The molecule has 0 aromatic heterocycles. The molecular weight excluding hydrogens is 270 g/mol. The van der Waals surface area contributed by atoms with Gasteiger partial charge in [-0.25, -0.2) is 4.79 Å². The summed E-state index contributed by atoms with van der Waals surface area (Å²) in [5, 5.41) is 9.47. The Balaban J connectivity index is 2.85. The van der Waals surface area contributed by atoms with Crippen LogP contribution in [0.25, 0.3) is 0 Å². The molecule has 16 heavy (non-hydrogen) atoms. The highest BCUT2D eigenvalue weighted by Crippen LogP contribution is 2.15. The van der Waals surface area contributed by atoms with Crippen molar-refractivity contribution in [3.63, 3.8) is 0 Å². The summed E-state index contributed by atoms with van der Waals surface area (Å²) in [7, 11) is 0. The van der Waals surface area contributed by atoms with E-state index in [1.807, 2.05) is 6.07 Å². The Bertz CT molecular complexity index is 397. The standard InChI is InChI=1S/C11H12BrN3O/c12-6-1-7-15(11(14)16)10-4-2-9(8-13)3-5-10/h2-5H,1,6-7H2,(H2,14,16). The number of nitrogens with zero attached hydrogens (tertiary/aromatic N) is 2. The molecule has 0 aliphatic carbocycles. The normalized spacial score (nSPS) is 9.50. The minimum Gasteiger partial charge on any atom is -0.351 e. The first-order valence-corrected chi connectivity index (χ1v) is 5.94. The molecule has 0 aliphatic rings. The highest BCUT2D eigenvalue weighted by atomic mass is 79.9. The van der Waals surface area contributed by atoms with Gasteiger partial charge in [-0.2, -0.15) is 5.26 Å². The van der Waals surface area contributed by atoms with E-state index in [1.165, 1.54) is 4.90 Å². The van der Waals surface area contributed by atoms with Gasteiger partial charge in [-0.15, -0.1) is 0 Å². The smallest absolute Gasteiger partial charge is 0.319 e. The van der Waals surface area contributed by atoms with Crippen molar-refractivity contribution in [2.75, 3.05) is 16.8 Å². The summed E-state index contributed by atoms with van der Waals surface area (Å²) < 4.78 is 0. The molecule has 0 spiro atoms. The number of anilines is 1. The maximum Gasteiger partial charge on any atom is 0.319 e. The first-order valence-electron chi connectivity index (χ1n) is 4.82. The molecule has 0 saturated heterocycles. The predicted octanol–water partition coefficient (Wildman–Crippen LogP) is 2.23. The molecule has 0 aliphatic heterocycles. The number of carbonyl (C=O) groups is 1. The second-order valence-corrected chi connectivity index (χ2v) is 3.98. The molecule has 2 N–H and O–H groups in total. The average Bonchev–Trinajstić information content (AvgIpc) is 2.30. The summed E-state index contributed by atoms with van der Waals surface area (Å²) in [6.07, 6.45) is 0.822. The number of nitrogens with two attached hydrogens (primary N) is 1.